The Hall–Kier alpha value is -1.22. The molecule has 3 heteroatoms. The van der Waals surface area contributed by atoms with Gasteiger partial charge in [-0.05, 0) is 37.4 Å². The molecule has 19 heavy (non-hydrogen) atoms. The fourth-order valence-corrected chi connectivity index (χ4v) is 2.64. The average Bonchev–Trinajstić information content (AvgIpc) is 2.57. The van der Waals surface area contributed by atoms with Gasteiger partial charge in [-0.1, -0.05) is 20.8 Å². The van der Waals surface area contributed by atoms with E-state index in [1.54, 1.807) is 7.11 Å². The fraction of sp³-hybridized carbons (Fsp3) is 0.625. The Morgan fingerprint density at radius 1 is 1.32 bits per heavy atom. The molecule has 1 aliphatic heterocycles. The Labute approximate surface area is 116 Å². The minimum absolute atomic E-state index is 0.0429. The van der Waals surface area contributed by atoms with E-state index in [9.17, 15) is 0 Å². The number of ether oxygens (including phenoxy) is 2. The molecular weight excluding hydrogens is 238 g/mol. The number of methoxy groups -OCH3 is 1. The zero-order chi connectivity index (χ0) is 14.0. The smallest absolute Gasteiger partial charge is 0.128 e. The Kier molecular flexibility index (Phi) is 4.04. The number of hydrogen-bond acceptors (Lipinski definition) is 3. The molecular formula is C16H25NO2. The predicted octanol–water partition coefficient (Wildman–Crippen LogP) is 3.43. The lowest BCUT2D eigenvalue weighted by Gasteiger charge is -2.26. The SMILES string of the molecule is CNC1CCCOc2c1cc(OC)cc2C(C)(C)C. The van der Waals surface area contributed by atoms with Crippen LogP contribution in [0.2, 0.25) is 0 Å². The summed E-state index contributed by atoms with van der Waals surface area (Å²) in [4.78, 5) is 0. The first-order chi connectivity index (χ1) is 8.97. The molecule has 1 aromatic carbocycles. The van der Waals surface area contributed by atoms with Crippen molar-refractivity contribution >= 4 is 0 Å². The van der Waals surface area contributed by atoms with Crippen LogP contribution in [0.25, 0.3) is 0 Å². The highest BCUT2D eigenvalue weighted by Crippen LogP contribution is 2.42. The quantitative estimate of drug-likeness (QED) is 0.886. The third-order valence-electron chi connectivity index (χ3n) is 3.74. The van der Waals surface area contributed by atoms with Crippen LogP contribution in [0, 0.1) is 0 Å². The lowest BCUT2D eigenvalue weighted by molar-refractivity contribution is 0.306. The van der Waals surface area contributed by atoms with E-state index in [0.717, 1.165) is 30.9 Å². The highest BCUT2D eigenvalue weighted by Gasteiger charge is 2.27. The average molecular weight is 263 g/mol. The molecule has 0 bridgehead atoms. The van der Waals surface area contributed by atoms with Crippen LogP contribution in [0.3, 0.4) is 0 Å². The van der Waals surface area contributed by atoms with Crippen molar-refractivity contribution in [2.45, 2.75) is 45.1 Å². The van der Waals surface area contributed by atoms with Crippen molar-refractivity contribution in [2.75, 3.05) is 20.8 Å². The highest BCUT2D eigenvalue weighted by atomic mass is 16.5. The minimum atomic E-state index is 0.0429. The maximum Gasteiger partial charge on any atom is 0.128 e. The summed E-state index contributed by atoms with van der Waals surface area (Å²) in [5.74, 6) is 1.96. The normalized spacial score (nSPS) is 19.3. The number of fused-ring (bicyclic) bond motifs is 1. The van der Waals surface area contributed by atoms with Crippen molar-refractivity contribution in [3.63, 3.8) is 0 Å². The van der Waals surface area contributed by atoms with E-state index in [1.807, 2.05) is 7.05 Å². The second kappa shape index (κ2) is 5.41. The molecule has 0 saturated heterocycles. The summed E-state index contributed by atoms with van der Waals surface area (Å²) in [5, 5.41) is 3.39. The molecule has 106 valence electrons. The van der Waals surface area contributed by atoms with Gasteiger partial charge in [0.1, 0.15) is 11.5 Å². The van der Waals surface area contributed by atoms with Crippen LogP contribution in [-0.2, 0) is 5.41 Å². The molecule has 1 atom stereocenters. The molecule has 0 spiro atoms. The summed E-state index contributed by atoms with van der Waals surface area (Å²) in [7, 11) is 3.73. The first-order valence-electron chi connectivity index (χ1n) is 7.00. The summed E-state index contributed by atoms with van der Waals surface area (Å²) >= 11 is 0. The third kappa shape index (κ3) is 2.86. The van der Waals surface area contributed by atoms with Crippen LogP contribution in [0.4, 0.5) is 0 Å². The first-order valence-corrected chi connectivity index (χ1v) is 7.00. The molecule has 2 rings (SSSR count). The molecule has 1 aromatic rings. The van der Waals surface area contributed by atoms with Gasteiger partial charge < -0.3 is 14.8 Å². The first kappa shape index (κ1) is 14.2. The van der Waals surface area contributed by atoms with Crippen molar-refractivity contribution in [1.29, 1.82) is 0 Å². The summed E-state index contributed by atoms with van der Waals surface area (Å²) < 4.78 is 11.5. The summed E-state index contributed by atoms with van der Waals surface area (Å²) in [6.07, 6.45) is 2.17. The summed E-state index contributed by atoms with van der Waals surface area (Å²) in [5.41, 5.74) is 2.50. The number of rotatable bonds is 2. The zero-order valence-corrected chi connectivity index (χ0v) is 12.7. The molecule has 1 N–H and O–H groups in total. The molecule has 0 saturated carbocycles. The lowest BCUT2D eigenvalue weighted by Crippen LogP contribution is -2.18. The fourth-order valence-electron chi connectivity index (χ4n) is 2.64. The maximum atomic E-state index is 6.04. The molecule has 0 aromatic heterocycles. The largest absolute Gasteiger partial charge is 0.497 e. The van der Waals surface area contributed by atoms with E-state index in [1.165, 1.54) is 11.1 Å². The zero-order valence-electron chi connectivity index (χ0n) is 12.7. The third-order valence-corrected chi connectivity index (χ3v) is 3.74. The van der Waals surface area contributed by atoms with Crippen molar-refractivity contribution < 1.29 is 9.47 Å². The predicted molar refractivity (Wildman–Crippen MR) is 78.2 cm³/mol. The summed E-state index contributed by atoms with van der Waals surface area (Å²) in [6.45, 7) is 7.43. The maximum absolute atomic E-state index is 6.04. The van der Waals surface area contributed by atoms with E-state index in [4.69, 9.17) is 9.47 Å². The van der Waals surface area contributed by atoms with Crippen molar-refractivity contribution in [2.24, 2.45) is 0 Å². The molecule has 0 radical (unpaired) electrons. The number of benzene rings is 1. The second-order valence-corrected chi connectivity index (χ2v) is 6.18. The molecule has 3 nitrogen and oxygen atoms in total. The minimum Gasteiger partial charge on any atom is -0.497 e. The van der Waals surface area contributed by atoms with E-state index < -0.39 is 0 Å². The van der Waals surface area contributed by atoms with Gasteiger partial charge in [-0.25, -0.2) is 0 Å². The van der Waals surface area contributed by atoms with E-state index in [-0.39, 0.29) is 5.41 Å². The van der Waals surface area contributed by atoms with Crippen molar-refractivity contribution in [3.8, 4) is 11.5 Å². The molecule has 0 fully saturated rings. The van der Waals surface area contributed by atoms with Gasteiger partial charge in [-0.15, -0.1) is 0 Å². The number of nitrogens with one attached hydrogen (secondary N) is 1. The van der Waals surface area contributed by atoms with E-state index >= 15 is 0 Å². The van der Waals surface area contributed by atoms with Crippen LogP contribution in [0.5, 0.6) is 11.5 Å². The molecule has 1 unspecified atom stereocenters. The molecule has 1 aliphatic rings. The highest BCUT2D eigenvalue weighted by molar-refractivity contribution is 5.52. The Morgan fingerprint density at radius 2 is 2.05 bits per heavy atom. The van der Waals surface area contributed by atoms with Crippen molar-refractivity contribution in [3.05, 3.63) is 23.3 Å². The number of hydrogen-bond donors (Lipinski definition) is 1. The molecule has 0 amide bonds. The van der Waals surface area contributed by atoms with Gasteiger partial charge in [0.25, 0.3) is 0 Å². The van der Waals surface area contributed by atoms with Crippen LogP contribution in [0.1, 0.15) is 50.8 Å². The summed E-state index contributed by atoms with van der Waals surface area (Å²) in [6, 6.07) is 4.56. The van der Waals surface area contributed by atoms with Gasteiger partial charge >= 0.3 is 0 Å². The van der Waals surface area contributed by atoms with Gasteiger partial charge in [-0.3, -0.25) is 0 Å². The standard InChI is InChI=1S/C16H25NO2/c1-16(2,3)13-10-11(18-5)9-12-14(17-4)7-6-8-19-15(12)13/h9-10,14,17H,6-8H2,1-5H3. The Morgan fingerprint density at radius 3 is 2.63 bits per heavy atom. The molecule has 0 aliphatic carbocycles. The van der Waals surface area contributed by atoms with Crippen LogP contribution in [0.15, 0.2) is 12.1 Å². The van der Waals surface area contributed by atoms with E-state index in [2.05, 4.69) is 38.2 Å². The van der Waals surface area contributed by atoms with Crippen LogP contribution in [-0.4, -0.2) is 20.8 Å². The topological polar surface area (TPSA) is 30.5 Å². The van der Waals surface area contributed by atoms with Crippen LogP contribution >= 0.6 is 0 Å². The van der Waals surface area contributed by atoms with Gasteiger partial charge in [0.15, 0.2) is 0 Å². The second-order valence-electron chi connectivity index (χ2n) is 6.18. The van der Waals surface area contributed by atoms with Crippen LogP contribution < -0.4 is 14.8 Å². The monoisotopic (exact) mass is 263 g/mol. The molecule has 1 heterocycles. The lowest BCUT2D eigenvalue weighted by atomic mass is 9.84. The van der Waals surface area contributed by atoms with Gasteiger partial charge in [0.2, 0.25) is 0 Å². The Balaban J connectivity index is 2.62. The van der Waals surface area contributed by atoms with Gasteiger partial charge in [0.05, 0.1) is 13.7 Å². The van der Waals surface area contributed by atoms with E-state index in [0.29, 0.717) is 6.04 Å². The Bertz CT molecular complexity index is 449. The van der Waals surface area contributed by atoms with Gasteiger partial charge in [-0.2, -0.15) is 0 Å². The van der Waals surface area contributed by atoms with Gasteiger partial charge in [0, 0.05) is 17.2 Å². The van der Waals surface area contributed by atoms with Crippen molar-refractivity contribution in [1.82, 2.24) is 5.32 Å².